The van der Waals surface area contributed by atoms with Crippen molar-refractivity contribution in [3.8, 4) is 67.5 Å². The highest BCUT2D eigenvalue weighted by atomic mass is 16.3. The van der Waals surface area contributed by atoms with Crippen LogP contribution < -0.4 is 0 Å². The Balaban J connectivity index is 1.17. The molecule has 0 amide bonds. The Kier molecular flexibility index (Phi) is 6.80. The Labute approximate surface area is 302 Å². The molecule has 7 aromatic carbocycles. The van der Waals surface area contributed by atoms with Gasteiger partial charge in [-0.3, -0.25) is 0 Å². The smallest absolute Gasteiger partial charge is 0.167 e. The van der Waals surface area contributed by atoms with E-state index in [4.69, 9.17) is 19.4 Å². The molecule has 2 heterocycles. The average molecular weight is 668 g/mol. The minimum atomic E-state index is -0.154. The molecule has 9 aromatic rings. The van der Waals surface area contributed by atoms with Crippen molar-refractivity contribution >= 4 is 21.9 Å². The van der Waals surface area contributed by atoms with E-state index in [9.17, 15) is 0 Å². The number of furan rings is 1. The van der Waals surface area contributed by atoms with Gasteiger partial charge < -0.3 is 4.42 Å². The van der Waals surface area contributed by atoms with Crippen LogP contribution in [0, 0.1) is 0 Å². The molecule has 0 saturated heterocycles. The summed E-state index contributed by atoms with van der Waals surface area (Å²) in [6, 6.07) is 57.3. The number of benzene rings is 7. The Morgan fingerprint density at radius 1 is 0.385 bits per heavy atom. The molecule has 1 aliphatic rings. The van der Waals surface area contributed by atoms with Gasteiger partial charge in [-0.15, -0.1) is 0 Å². The molecule has 1 aliphatic carbocycles. The van der Waals surface area contributed by atoms with Gasteiger partial charge in [0.2, 0.25) is 0 Å². The largest absolute Gasteiger partial charge is 0.455 e. The van der Waals surface area contributed by atoms with E-state index in [1.54, 1.807) is 0 Å². The summed E-state index contributed by atoms with van der Waals surface area (Å²) in [6.07, 6.45) is 0. The van der Waals surface area contributed by atoms with E-state index in [2.05, 4.69) is 147 Å². The maximum absolute atomic E-state index is 6.49. The van der Waals surface area contributed by atoms with Gasteiger partial charge in [-0.1, -0.05) is 159 Å². The second kappa shape index (κ2) is 11.7. The van der Waals surface area contributed by atoms with Crippen LogP contribution in [-0.2, 0) is 5.41 Å². The summed E-state index contributed by atoms with van der Waals surface area (Å²) in [5, 5.41) is 2.10. The normalized spacial score (nSPS) is 13.0. The van der Waals surface area contributed by atoms with E-state index >= 15 is 0 Å². The highest BCUT2D eigenvalue weighted by Crippen LogP contribution is 2.49. The number of nitrogens with zero attached hydrogens (tertiary/aromatic N) is 3. The molecular weight excluding hydrogens is 635 g/mol. The summed E-state index contributed by atoms with van der Waals surface area (Å²) in [5.74, 6) is 1.80. The van der Waals surface area contributed by atoms with Crippen LogP contribution in [0.4, 0.5) is 0 Å². The fourth-order valence-electron chi connectivity index (χ4n) is 7.92. The maximum atomic E-state index is 6.49. The Hall–Kier alpha value is -6.65. The molecule has 4 nitrogen and oxygen atoms in total. The quantitative estimate of drug-likeness (QED) is 0.183. The van der Waals surface area contributed by atoms with Crippen LogP contribution in [0.3, 0.4) is 0 Å². The average Bonchev–Trinajstić information content (AvgIpc) is 3.70. The number of hydrogen-bond donors (Lipinski definition) is 0. The summed E-state index contributed by atoms with van der Waals surface area (Å²) in [6.45, 7) is 4.60. The number of hydrogen-bond acceptors (Lipinski definition) is 4. The predicted molar refractivity (Wildman–Crippen MR) is 212 cm³/mol. The van der Waals surface area contributed by atoms with Crippen molar-refractivity contribution < 1.29 is 4.42 Å². The minimum Gasteiger partial charge on any atom is -0.455 e. The highest BCUT2D eigenvalue weighted by Gasteiger charge is 2.35. The van der Waals surface area contributed by atoms with E-state index in [1.807, 2.05) is 30.3 Å². The van der Waals surface area contributed by atoms with Gasteiger partial charge >= 0.3 is 0 Å². The van der Waals surface area contributed by atoms with E-state index < -0.39 is 0 Å². The van der Waals surface area contributed by atoms with Gasteiger partial charge in [0.25, 0.3) is 0 Å². The van der Waals surface area contributed by atoms with Crippen LogP contribution in [0.15, 0.2) is 168 Å². The first-order valence-corrected chi connectivity index (χ1v) is 17.7. The van der Waals surface area contributed by atoms with Crippen LogP contribution in [0.1, 0.15) is 25.0 Å². The first-order valence-electron chi connectivity index (χ1n) is 17.7. The van der Waals surface area contributed by atoms with Crippen LogP contribution in [0.5, 0.6) is 0 Å². The molecule has 2 aromatic heterocycles. The number of rotatable bonds is 5. The van der Waals surface area contributed by atoms with Gasteiger partial charge in [-0.05, 0) is 62.7 Å². The molecule has 0 unspecified atom stereocenters. The maximum Gasteiger partial charge on any atom is 0.167 e. The van der Waals surface area contributed by atoms with Gasteiger partial charge in [-0.25, -0.2) is 15.0 Å². The van der Waals surface area contributed by atoms with E-state index in [0.717, 1.165) is 49.8 Å². The fourth-order valence-corrected chi connectivity index (χ4v) is 7.92. The van der Waals surface area contributed by atoms with Crippen molar-refractivity contribution in [2.24, 2.45) is 0 Å². The van der Waals surface area contributed by atoms with Gasteiger partial charge in [0.05, 0.1) is 5.56 Å². The molecule has 4 heteroatoms. The van der Waals surface area contributed by atoms with Crippen LogP contribution in [-0.4, -0.2) is 15.0 Å². The number of para-hydroxylation sites is 2. The molecule has 0 radical (unpaired) electrons. The second-order valence-corrected chi connectivity index (χ2v) is 14.0. The lowest BCUT2D eigenvalue weighted by Gasteiger charge is -2.21. The van der Waals surface area contributed by atoms with Crippen molar-refractivity contribution in [3.63, 3.8) is 0 Å². The molecule has 0 saturated carbocycles. The molecule has 0 fully saturated rings. The van der Waals surface area contributed by atoms with Crippen LogP contribution >= 0.6 is 0 Å². The molecule has 0 spiro atoms. The third kappa shape index (κ3) is 4.79. The van der Waals surface area contributed by atoms with Gasteiger partial charge in [0, 0.05) is 27.3 Å². The molecule has 52 heavy (non-hydrogen) atoms. The molecule has 246 valence electrons. The van der Waals surface area contributed by atoms with Crippen molar-refractivity contribution in [1.82, 2.24) is 15.0 Å². The minimum absolute atomic E-state index is 0.154. The number of aromatic nitrogens is 3. The third-order valence-corrected chi connectivity index (χ3v) is 10.6. The van der Waals surface area contributed by atoms with Crippen molar-refractivity contribution in [2.45, 2.75) is 19.3 Å². The lowest BCUT2D eigenvalue weighted by atomic mass is 9.82. The molecule has 0 atom stereocenters. The van der Waals surface area contributed by atoms with Crippen molar-refractivity contribution in [3.05, 3.63) is 175 Å². The SMILES string of the molecule is CC1(C)c2ccccc2-c2ccc(-c3nc(-c4ccccc4-c4ccc(-c5ccccc5)cc4)nc(-c4cccc5c4oc4ccccc45)n3)cc21. The summed E-state index contributed by atoms with van der Waals surface area (Å²) < 4.78 is 6.49. The zero-order chi connectivity index (χ0) is 34.8. The third-order valence-electron chi connectivity index (χ3n) is 10.6. The number of fused-ring (bicyclic) bond motifs is 6. The Morgan fingerprint density at radius 3 is 1.77 bits per heavy atom. The monoisotopic (exact) mass is 667 g/mol. The van der Waals surface area contributed by atoms with E-state index in [1.165, 1.54) is 33.4 Å². The van der Waals surface area contributed by atoms with Crippen molar-refractivity contribution in [2.75, 3.05) is 0 Å². The lowest BCUT2D eigenvalue weighted by molar-refractivity contribution is 0.660. The zero-order valence-corrected chi connectivity index (χ0v) is 28.8. The first kappa shape index (κ1) is 30.2. The highest BCUT2D eigenvalue weighted by molar-refractivity contribution is 6.09. The summed E-state index contributed by atoms with van der Waals surface area (Å²) in [5.41, 5.74) is 13.8. The molecular formula is C48H33N3O. The van der Waals surface area contributed by atoms with Crippen molar-refractivity contribution in [1.29, 1.82) is 0 Å². The van der Waals surface area contributed by atoms with Gasteiger partial charge in [-0.2, -0.15) is 0 Å². The zero-order valence-electron chi connectivity index (χ0n) is 28.8. The first-order chi connectivity index (χ1) is 25.5. The molecule has 10 rings (SSSR count). The molecule has 0 bridgehead atoms. The second-order valence-electron chi connectivity index (χ2n) is 14.0. The topological polar surface area (TPSA) is 51.8 Å². The molecule has 0 aliphatic heterocycles. The fraction of sp³-hybridized carbons (Fsp3) is 0.0625. The lowest BCUT2D eigenvalue weighted by Crippen LogP contribution is -2.15. The summed E-state index contributed by atoms with van der Waals surface area (Å²) in [7, 11) is 0. The van der Waals surface area contributed by atoms with Crippen LogP contribution in [0.2, 0.25) is 0 Å². The van der Waals surface area contributed by atoms with E-state index in [0.29, 0.717) is 17.5 Å². The van der Waals surface area contributed by atoms with Gasteiger partial charge in [0.15, 0.2) is 17.5 Å². The summed E-state index contributed by atoms with van der Waals surface area (Å²) >= 11 is 0. The predicted octanol–water partition coefficient (Wildman–Crippen LogP) is 12.4. The van der Waals surface area contributed by atoms with Crippen LogP contribution in [0.25, 0.3) is 89.5 Å². The Bertz CT molecular complexity index is 2810. The van der Waals surface area contributed by atoms with Gasteiger partial charge in [0.1, 0.15) is 11.2 Å². The Morgan fingerprint density at radius 2 is 0.942 bits per heavy atom. The summed E-state index contributed by atoms with van der Waals surface area (Å²) in [4.78, 5) is 15.7. The standard InChI is InChI=1S/C48H33N3O/c1-48(2)41-21-10-8-16-35(41)36-28-27-33(29-42(36)48)45-49-46(51-47(50-45)40-20-12-19-38-37-17-9-11-22-43(37)52-44(38)40)39-18-7-6-15-34(39)32-25-23-31(24-26-32)30-13-4-3-5-14-30/h3-29H,1-2H3. The molecule has 0 N–H and O–H groups in total. The van der Waals surface area contributed by atoms with E-state index in [-0.39, 0.29) is 5.41 Å².